The molecule has 25 heavy (non-hydrogen) atoms. The van der Waals surface area contributed by atoms with Crippen LogP contribution in [0.2, 0.25) is 5.15 Å². The van der Waals surface area contributed by atoms with E-state index in [-0.39, 0.29) is 29.2 Å². The number of aliphatic hydroxyl groups is 2. The molecule has 1 aromatic heterocycles. The third-order valence-electron chi connectivity index (χ3n) is 3.76. The molecule has 2 heterocycles. The summed E-state index contributed by atoms with van der Waals surface area (Å²) >= 11 is 6.18. The smallest absolute Gasteiger partial charge is 0.232 e. The number of halogens is 3. The van der Waals surface area contributed by atoms with Gasteiger partial charge in [0.05, 0.1) is 5.56 Å². The minimum Gasteiger partial charge on any atom is -0.376 e. The molecule has 1 aromatic carbocycles. The molecule has 3 rings (SSSR count). The first-order valence-corrected chi connectivity index (χ1v) is 7.83. The fourth-order valence-corrected chi connectivity index (χ4v) is 2.78. The van der Waals surface area contributed by atoms with Crippen molar-refractivity contribution >= 4 is 35.1 Å². The highest BCUT2D eigenvalue weighted by molar-refractivity contribution is 6.31. The number of nitrogens with zero attached hydrogens (tertiary/aromatic N) is 4. The van der Waals surface area contributed by atoms with Gasteiger partial charge in [0.1, 0.15) is 41.3 Å². The van der Waals surface area contributed by atoms with Crippen LogP contribution in [0.4, 0.5) is 26.2 Å². The quantitative estimate of drug-likeness (QED) is 0.638. The molecule has 6 nitrogen and oxygen atoms in total. The maximum atomic E-state index is 14.2. The monoisotopic (exact) mass is 368 g/mol. The van der Waals surface area contributed by atoms with Crippen LogP contribution >= 0.6 is 11.6 Å². The van der Waals surface area contributed by atoms with Gasteiger partial charge in [0, 0.05) is 6.54 Å². The van der Waals surface area contributed by atoms with Gasteiger partial charge in [0.2, 0.25) is 5.95 Å². The van der Waals surface area contributed by atoms with E-state index < -0.39 is 24.6 Å². The highest BCUT2D eigenvalue weighted by atomic mass is 35.5. The van der Waals surface area contributed by atoms with Crippen molar-refractivity contribution in [2.24, 2.45) is 0 Å². The molecule has 0 spiro atoms. The lowest BCUT2D eigenvalue weighted by Gasteiger charge is -2.30. The molecule has 1 aliphatic heterocycles. The number of para-hydroxylation sites is 1. The van der Waals surface area contributed by atoms with Crippen molar-refractivity contribution in [2.45, 2.75) is 13.2 Å². The molecule has 1 aliphatic rings. The summed E-state index contributed by atoms with van der Waals surface area (Å²) in [5, 5.41) is 19.2. The minimum absolute atomic E-state index is 0.0387. The zero-order chi connectivity index (χ0) is 18.1. The predicted molar refractivity (Wildman–Crippen MR) is 90.7 cm³/mol. The molecule has 1 unspecified atom stereocenters. The Hall–Kier alpha value is -2.29. The average Bonchev–Trinajstić information content (AvgIpc) is 2.55. The minimum atomic E-state index is -1.09. The van der Waals surface area contributed by atoms with E-state index in [1.54, 1.807) is 12.2 Å². The molecule has 0 radical (unpaired) electrons. The van der Waals surface area contributed by atoms with E-state index in [0.29, 0.717) is 5.56 Å². The Morgan fingerprint density at radius 2 is 2.00 bits per heavy atom. The highest BCUT2D eigenvalue weighted by Crippen LogP contribution is 2.37. The van der Waals surface area contributed by atoms with Crippen molar-refractivity contribution in [3.8, 4) is 0 Å². The van der Waals surface area contributed by atoms with Crippen LogP contribution in [0.5, 0.6) is 0 Å². The van der Waals surface area contributed by atoms with Gasteiger partial charge in [-0.2, -0.15) is 4.98 Å². The predicted octanol–water partition coefficient (Wildman–Crippen LogP) is 2.67. The molecule has 132 valence electrons. The van der Waals surface area contributed by atoms with Gasteiger partial charge in [-0.25, -0.2) is 13.8 Å². The molecule has 2 aromatic rings. The van der Waals surface area contributed by atoms with Gasteiger partial charge in [-0.15, -0.1) is 0 Å². The zero-order valence-electron chi connectivity index (χ0n) is 13.2. The van der Waals surface area contributed by atoms with Crippen LogP contribution in [0, 0.1) is 11.6 Å². The van der Waals surface area contributed by atoms with E-state index in [0.717, 1.165) is 17.0 Å². The fraction of sp³-hybridized carbons (Fsp3) is 0.250. The van der Waals surface area contributed by atoms with E-state index >= 15 is 0 Å². The molecule has 0 saturated heterocycles. The van der Waals surface area contributed by atoms with Crippen molar-refractivity contribution in [3.63, 3.8) is 0 Å². The average molecular weight is 369 g/mol. The zero-order valence-corrected chi connectivity index (χ0v) is 14.0. The third-order valence-corrected chi connectivity index (χ3v) is 4.05. The molecule has 0 saturated carbocycles. The molecule has 0 fully saturated rings. The van der Waals surface area contributed by atoms with Gasteiger partial charge in [0.25, 0.3) is 0 Å². The summed E-state index contributed by atoms with van der Waals surface area (Å²) in [5.74, 6) is -1.36. The Kier molecular flexibility index (Phi) is 4.85. The van der Waals surface area contributed by atoms with Crippen LogP contribution in [0.1, 0.15) is 12.5 Å². The number of rotatable bonds is 4. The molecule has 0 amide bonds. The Morgan fingerprint density at radius 3 is 2.60 bits per heavy atom. The fourth-order valence-electron chi connectivity index (χ4n) is 2.55. The number of aromatic nitrogens is 2. The summed E-state index contributed by atoms with van der Waals surface area (Å²) in [7, 11) is 0. The van der Waals surface area contributed by atoms with Crippen molar-refractivity contribution in [3.05, 3.63) is 46.6 Å². The van der Waals surface area contributed by atoms with Gasteiger partial charge in [-0.3, -0.25) is 4.90 Å². The van der Waals surface area contributed by atoms with E-state index in [1.807, 2.05) is 0 Å². The Labute approximate surface area is 147 Å². The van der Waals surface area contributed by atoms with E-state index in [9.17, 15) is 19.0 Å². The Morgan fingerprint density at radius 1 is 1.32 bits per heavy atom. The lowest BCUT2D eigenvalue weighted by atomic mass is 10.1. The second kappa shape index (κ2) is 6.91. The molecular weight excluding hydrogens is 354 g/mol. The lowest BCUT2D eigenvalue weighted by Crippen LogP contribution is -2.36. The number of aliphatic hydroxyl groups excluding tert-OH is 2. The SMILES string of the molecule is CC(O)N(CO)c1nc(Cl)c2c(n1)N(c1c(F)cccc1F)CC=C2. The maximum Gasteiger partial charge on any atom is 0.232 e. The van der Waals surface area contributed by atoms with Crippen LogP contribution in [0.3, 0.4) is 0 Å². The van der Waals surface area contributed by atoms with Crippen molar-refractivity contribution in [1.82, 2.24) is 9.97 Å². The lowest BCUT2D eigenvalue weighted by molar-refractivity contribution is 0.149. The van der Waals surface area contributed by atoms with Gasteiger partial charge in [-0.05, 0) is 19.1 Å². The van der Waals surface area contributed by atoms with E-state index in [4.69, 9.17) is 11.6 Å². The summed E-state index contributed by atoms with van der Waals surface area (Å²) in [4.78, 5) is 10.7. The number of hydrogen-bond donors (Lipinski definition) is 2. The topological polar surface area (TPSA) is 72.7 Å². The Balaban J connectivity index is 2.18. The standard InChI is InChI=1S/C16H15ClF2N4O2/c1-9(25)23(8-24)16-20-14(17)10-4-3-7-22(15(10)21-16)13-11(18)5-2-6-12(13)19/h2-6,9,24-25H,7-8H2,1H3. The molecule has 2 N–H and O–H groups in total. The number of hydrogen-bond acceptors (Lipinski definition) is 6. The maximum absolute atomic E-state index is 14.2. The summed E-state index contributed by atoms with van der Waals surface area (Å²) in [6.45, 7) is 1.03. The van der Waals surface area contributed by atoms with Crippen LogP contribution in [-0.4, -0.2) is 39.7 Å². The van der Waals surface area contributed by atoms with Gasteiger partial charge in [0.15, 0.2) is 0 Å². The molecular formula is C16H15ClF2N4O2. The molecule has 0 bridgehead atoms. The van der Waals surface area contributed by atoms with E-state index in [1.165, 1.54) is 17.9 Å². The summed E-state index contributed by atoms with van der Waals surface area (Å²) in [6.07, 6.45) is 2.25. The molecule has 0 aliphatic carbocycles. The number of fused-ring (bicyclic) bond motifs is 1. The second-order valence-corrected chi connectivity index (χ2v) is 5.74. The van der Waals surface area contributed by atoms with Crippen molar-refractivity contribution in [1.29, 1.82) is 0 Å². The Bertz CT molecular complexity index is 812. The third kappa shape index (κ3) is 3.15. The van der Waals surface area contributed by atoms with Gasteiger partial charge in [-0.1, -0.05) is 29.8 Å². The molecule has 1 atom stereocenters. The molecule has 9 heteroatoms. The van der Waals surface area contributed by atoms with Crippen LogP contribution in [-0.2, 0) is 0 Å². The van der Waals surface area contributed by atoms with E-state index in [2.05, 4.69) is 9.97 Å². The second-order valence-electron chi connectivity index (χ2n) is 5.38. The van der Waals surface area contributed by atoms with Crippen molar-refractivity contribution in [2.75, 3.05) is 23.1 Å². The first-order valence-electron chi connectivity index (χ1n) is 7.45. The number of benzene rings is 1. The summed E-state index contributed by atoms with van der Waals surface area (Å²) in [6, 6.07) is 3.57. The van der Waals surface area contributed by atoms with Crippen LogP contribution in [0.15, 0.2) is 24.3 Å². The summed E-state index contributed by atoms with van der Waals surface area (Å²) < 4.78 is 28.4. The number of anilines is 3. The first-order chi connectivity index (χ1) is 11.9. The van der Waals surface area contributed by atoms with Crippen LogP contribution < -0.4 is 9.80 Å². The van der Waals surface area contributed by atoms with Gasteiger partial charge >= 0.3 is 0 Å². The largest absolute Gasteiger partial charge is 0.376 e. The highest BCUT2D eigenvalue weighted by Gasteiger charge is 2.27. The van der Waals surface area contributed by atoms with Crippen LogP contribution in [0.25, 0.3) is 6.08 Å². The first kappa shape index (κ1) is 17.5. The van der Waals surface area contributed by atoms with Crippen molar-refractivity contribution < 1.29 is 19.0 Å². The normalized spacial score (nSPS) is 14.4. The summed E-state index contributed by atoms with van der Waals surface area (Å²) in [5.41, 5.74) is 0.129. The van der Waals surface area contributed by atoms with Gasteiger partial charge < -0.3 is 15.1 Å².